The number of carbonyl (C=O) groups excluding carboxylic acids is 3. The third kappa shape index (κ3) is 7.24. The largest absolute Gasteiger partial charge is 0.465 e. The van der Waals surface area contributed by atoms with Crippen LogP contribution in [0, 0.1) is 5.92 Å². The van der Waals surface area contributed by atoms with Crippen molar-refractivity contribution in [2.24, 2.45) is 5.92 Å². The van der Waals surface area contributed by atoms with Crippen molar-refractivity contribution >= 4 is 29.4 Å². The Bertz CT molecular complexity index is 944. The maximum absolute atomic E-state index is 12.9. The Labute approximate surface area is 193 Å². The normalized spacial score (nSPS) is 20.8. The second kappa shape index (κ2) is 12.1. The van der Waals surface area contributed by atoms with Crippen molar-refractivity contribution in [3.63, 3.8) is 0 Å². The number of hydrogen-bond donors (Lipinski definition) is 2. The predicted molar refractivity (Wildman–Crippen MR) is 123 cm³/mol. The Morgan fingerprint density at radius 1 is 1.06 bits per heavy atom. The van der Waals surface area contributed by atoms with Crippen LogP contribution in [0.15, 0.2) is 66.7 Å². The van der Waals surface area contributed by atoms with Crippen LogP contribution in [0.3, 0.4) is 0 Å². The van der Waals surface area contributed by atoms with Crippen molar-refractivity contribution < 1.29 is 19.1 Å². The molecule has 0 spiro atoms. The summed E-state index contributed by atoms with van der Waals surface area (Å²) in [5, 5.41) is 6.33. The highest BCUT2D eigenvalue weighted by molar-refractivity contribution is 6.30. The first-order valence-electron chi connectivity index (χ1n) is 10.7. The summed E-state index contributed by atoms with van der Waals surface area (Å²) >= 11 is 5.89. The number of amides is 2. The van der Waals surface area contributed by atoms with Crippen molar-refractivity contribution in [3.05, 3.63) is 82.9 Å². The van der Waals surface area contributed by atoms with Crippen LogP contribution in [0.5, 0.6) is 0 Å². The maximum Gasteiger partial charge on any atom is 0.315 e. The molecule has 0 unspecified atom stereocenters. The molecule has 0 saturated carbocycles. The molecule has 3 rings (SSSR count). The minimum Gasteiger partial charge on any atom is -0.465 e. The Hall–Kier alpha value is -3.12. The number of allylic oxidation sites excluding steroid dienone is 1. The Balaban J connectivity index is 1.63. The van der Waals surface area contributed by atoms with Gasteiger partial charge in [-0.15, -0.1) is 0 Å². The highest BCUT2D eigenvalue weighted by atomic mass is 35.5. The highest BCUT2D eigenvalue weighted by Gasteiger charge is 2.26. The van der Waals surface area contributed by atoms with Gasteiger partial charge in [0.15, 0.2) is 0 Å². The van der Waals surface area contributed by atoms with Crippen LogP contribution >= 0.6 is 11.6 Å². The van der Waals surface area contributed by atoms with E-state index >= 15 is 0 Å². The van der Waals surface area contributed by atoms with E-state index in [1.807, 2.05) is 54.6 Å². The molecule has 2 aromatic carbocycles. The zero-order valence-electron chi connectivity index (χ0n) is 17.8. The minimum atomic E-state index is -0.595. The van der Waals surface area contributed by atoms with Gasteiger partial charge in [0.1, 0.15) is 0 Å². The molecule has 0 bridgehead atoms. The maximum atomic E-state index is 12.9. The Kier molecular flexibility index (Phi) is 8.87. The molecule has 0 saturated heterocycles. The van der Waals surface area contributed by atoms with Gasteiger partial charge in [0.05, 0.1) is 18.4 Å². The summed E-state index contributed by atoms with van der Waals surface area (Å²) in [6.45, 7) is 0.759. The van der Waals surface area contributed by atoms with Crippen molar-refractivity contribution in [3.8, 4) is 0 Å². The average Bonchev–Trinajstić information content (AvgIpc) is 2.80. The summed E-state index contributed by atoms with van der Waals surface area (Å²) in [4.78, 5) is 37.9. The van der Waals surface area contributed by atoms with E-state index in [4.69, 9.17) is 16.3 Å². The monoisotopic (exact) mass is 454 g/mol. The van der Waals surface area contributed by atoms with Crippen molar-refractivity contribution in [1.29, 1.82) is 0 Å². The lowest BCUT2D eigenvalue weighted by molar-refractivity contribution is -0.145. The first kappa shape index (κ1) is 23.5. The van der Waals surface area contributed by atoms with Crippen molar-refractivity contribution in [1.82, 2.24) is 10.6 Å². The molecule has 0 radical (unpaired) electrons. The fourth-order valence-electron chi connectivity index (χ4n) is 3.46. The van der Waals surface area contributed by atoms with Crippen LogP contribution in [0.1, 0.15) is 36.3 Å². The number of benzene rings is 2. The van der Waals surface area contributed by atoms with Gasteiger partial charge in [0.25, 0.3) is 0 Å². The molecule has 1 heterocycles. The van der Waals surface area contributed by atoms with E-state index in [1.165, 1.54) is 0 Å². The van der Waals surface area contributed by atoms with Gasteiger partial charge < -0.3 is 15.4 Å². The van der Waals surface area contributed by atoms with E-state index in [9.17, 15) is 14.4 Å². The van der Waals surface area contributed by atoms with Crippen LogP contribution in [0.4, 0.5) is 0 Å². The van der Waals surface area contributed by atoms with E-state index in [-0.39, 0.29) is 37.4 Å². The van der Waals surface area contributed by atoms with Gasteiger partial charge in [0, 0.05) is 24.5 Å². The molecule has 0 fully saturated rings. The molecule has 0 aromatic heterocycles. The predicted octanol–water partition coefficient (Wildman–Crippen LogP) is 3.76. The first-order chi connectivity index (χ1) is 15.5. The molecule has 1 aliphatic rings. The summed E-state index contributed by atoms with van der Waals surface area (Å²) in [6.07, 6.45) is 4.79. The summed E-state index contributed by atoms with van der Waals surface area (Å²) in [5.41, 5.74) is 1.71. The van der Waals surface area contributed by atoms with Gasteiger partial charge in [-0.2, -0.15) is 0 Å². The molecule has 2 amide bonds. The van der Waals surface area contributed by atoms with Crippen LogP contribution in [-0.2, 0) is 25.7 Å². The molecule has 2 aromatic rings. The standard InChI is InChI=1S/C25H27ClN2O4/c26-21-12-10-18(11-13-21)16-27-23(29)15-20-9-5-2-6-14-32-25(31)22(17-28-24(20)30)19-7-3-1-4-8-19/h1-5,7-8,10-13,20,22H,6,9,14-17H2,(H,27,29)(H,28,30)/b5-2+/t20-,22-/m0/s1. The van der Waals surface area contributed by atoms with Crippen molar-refractivity contribution in [2.75, 3.05) is 13.2 Å². The summed E-state index contributed by atoms with van der Waals surface area (Å²) in [6, 6.07) is 16.5. The number of nitrogens with one attached hydrogen (secondary N) is 2. The zero-order chi connectivity index (χ0) is 22.8. The number of hydrogen-bond acceptors (Lipinski definition) is 4. The molecular formula is C25H27ClN2O4. The molecule has 6 nitrogen and oxygen atoms in total. The van der Waals surface area contributed by atoms with Crippen LogP contribution in [0.25, 0.3) is 0 Å². The van der Waals surface area contributed by atoms with Gasteiger partial charge in [0.2, 0.25) is 11.8 Å². The topological polar surface area (TPSA) is 84.5 Å². The fraction of sp³-hybridized carbons (Fsp3) is 0.320. The summed E-state index contributed by atoms with van der Waals surface area (Å²) in [5.74, 6) is -1.96. The van der Waals surface area contributed by atoms with Gasteiger partial charge in [-0.3, -0.25) is 14.4 Å². The van der Waals surface area contributed by atoms with Crippen LogP contribution < -0.4 is 10.6 Å². The SMILES string of the molecule is O=C(C[C@@H]1C/C=C/CCOC(=O)[C@H](c2ccccc2)CNC1=O)NCc1ccc(Cl)cc1. The van der Waals surface area contributed by atoms with E-state index in [2.05, 4.69) is 10.6 Å². The van der Waals surface area contributed by atoms with Crippen LogP contribution in [0.2, 0.25) is 5.02 Å². The molecule has 2 N–H and O–H groups in total. The molecule has 1 aliphatic heterocycles. The fourth-order valence-corrected chi connectivity index (χ4v) is 3.58. The number of cyclic esters (lactones) is 1. The lowest BCUT2D eigenvalue weighted by Crippen LogP contribution is -2.38. The Morgan fingerprint density at radius 3 is 2.56 bits per heavy atom. The lowest BCUT2D eigenvalue weighted by atomic mass is 9.96. The van der Waals surface area contributed by atoms with E-state index in [1.54, 1.807) is 12.1 Å². The molecule has 168 valence electrons. The lowest BCUT2D eigenvalue weighted by Gasteiger charge is -2.20. The number of carbonyl (C=O) groups is 3. The number of halogens is 1. The van der Waals surface area contributed by atoms with E-state index < -0.39 is 11.8 Å². The molecule has 2 atom stereocenters. The minimum absolute atomic E-state index is 0.0597. The van der Waals surface area contributed by atoms with Crippen molar-refractivity contribution in [2.45, 2.75) is 31.7 Å². The second-order valence-electron chi connectivity index (χ2n) is 7.68. The van der Waals surface area contributed by atoms with E-state index in [0.29, 0.717) is 24.4 Å². The third-order valence-electron chi connectivity index (χ3n) is 5.29. The molecule has 7 heteroatoms. The van der Waals surface area contributed by atoms with Gasteiger partial charge in [-0.25, -0.2) is 0 Å². The number of esters is 1. The third-order valence-corrected chi connectivity index (χ3v) is 5.54. The Morgan fingerprint density at radius 2 is 1.81 bits per heavy atom. The van der Waals surface area contributed by atoms with Crippen LogP contribution in [-0.4, -0.2) is 30.9 Å². The second-order valence-corrected chi connectivity index (χ2v) is 8.11. The van der Waals surface area contributed by atoms with Gasteiger partial charge >= 0.3 is 5.97 Å². The van der Waals surface area contributed by atoms with Gasteiger partial charge in [-0.05, 0) is 36.1 Å². The first-order valence-corrected chi connectivity index (χ1v) is 11.1. The summed E-state index contributed by atoms with van der Waals surface area (Å²) < 4.78 is 5.38. The molecule has 32 heavy (non-hydrogen) atoms. The zero-order valence-corrected chi connectivity index (χ0v) is 18.5. The summed E-state index contributed by atoms with van der Waals surface area (Å²) in [7, 11) is 0. The molecular weight excluding hydrogens is 428 g/mol. The molecule has 0 aliphatic carbocycles. The average molecular weight is 455 g/mol. The van der Waals surface area contributed by atoms with Gasteiger partial charge in [-0.1, -0.05) is 66.2 Å². The number of ether oxygens (including phenoxy) is 1. The number of rotatable bonds is 5. The van der Waals surface area contributed by atoms with E-state index in [0.717, 1.165) is 11.1 Å². The quantitative estimate of drug-likeness (QED) is 0.532. The smallest absolute Gasteiger partial charge is 0.315 e. The highest BCUT2D eigenvalue weighted by Crippen LogP contribution is 2.19.